The van der Waals surface area contributed by atoms with Gasteiger partial charge in [-0.3, -0.25) is 0 Å². The predicted molar refractivity (Wildman–Crippen MR) is 244 cm³/mol. The van der Waals surface area contributed by atoms with Gasteiger partial charge in [-0.1, -0.05) is 149 Å². The SMILES string of the molecule is Cc1cc2c(cc1C(C)(C)c1cc(N(c3ccccc3)c3ccc4c5ccccc5c5ccccc5c4c3)ccc1Nc1ccccc1)-c1ccccc1C2(C)C. The van der Waals surface area contributed by atoms with Crippen molar-refractivity contribution in [1.29, 1.82) is 0 Å². The van der Waals surface area contributed by atoms with Crippen LogP contribution >= 0.6 is 0 Å². The largest absolute Gasteiger partial charge is 0.355 e. The summed E-state index contributed by atoms with van der Waals surface area (Å²) in [6, 6.07) is 66.8. The molecule has 0 atom stereocenters. The van der Waals surface area contributed by atoms with E-state index in [1.165, 1.54) is 71.3 Å². The Morgan fingerprint density at radius 3 is 1.67 bits per heavy atom. The van der Waals surface area contributed by atoms with E-state index in [4.69, 9.17) is 0 Å². The molecule has 0 aliphatic heterocycles. The van der Waals surface area contributed by atoms with Crippen LogP contribution in [0.15, 0.2) is 182 Å². The Balaban J connectivity index is 1.19. The van der Waals surface area contributed by atoms with Crippen LogP contribution in [0.25, 0.3) is 43.4 Å². The maximum Gasteiger partial charge on any atom is 0.0468 e. The smallest absolute Gasteiger partial charge is 0.0468 e. The molecule has 0 bridgehead atoms. The minimum absolute atomic E-state index is 0.0487. The molecule has 2 nitrogen and oxygen atoms in total. The van der Waals surface area contributed by atoms with Gasteiger partial charge in [0.1, 0.15) is 0 Å². The van der Waals surface area contributed by atoms with Gasteiger partial charge in [0.15, 0.2) is 0 Å². The first-order valence-corrected chi connectivity index (χ1v) is 20.1. The van der Waals surface area contributed by atoms with Gasteiger partial charge in [-0.25, -0.2) is 0 Å². The van der Waals surface area contributed by atoms with Crippen molar-refractivity contribution >= 4 is 60.8 Å². The summed E-state index contributed by atoms with van der Waals surface area (Å²) >= 11 is 0. The minimum atomic E-state index is -0.366. The van der Waals surface area contributed by atoms with Gasteiger partial charge < -0.3 is 10.2 Å². The van der Waals surface area contributed by atoms with Crippen LogP contribution in [0.3, 0.4) is 0 Å². The van der Waals surface area contributed by atoms with Gasteiger partial charge in [0.05, 0.1) is 0 Å². The maximum atomic E-state index is 3.84. The molecule has 0 heterocycles. The summed E-state index contributed by atoms with van der Waals surface area (Å²) in [6.45, 7) is 11.8. The van der Waals surface area contributed by atoms with Crippen LogP contribution in [-0.4, -0.2) is 0 Å². The Bertz CT molecular complexity index is 2960. The number of hydrogen-bond donors (Lipinski definition) is 1. The lowest BCUT2D eigenvalue weighted by Gasteiger charge is -2.34. The van der Waals surface area contributed by atoms with Gasteiger partial charge >= 0.3 is 0 Å². The normalized spacial score (nSPS) is 13.1. The van der Waals surface area contributed by atoms with Crippen LogP contribution in [0, 0.1) is 6.92 Å². The van der Waals surface area contributed by atoms with E-state index in [9.17, 15) is 0 Å². The Kier molecular flexibility index (Phi) is 8.09. The minimum Gasteiger partial charge on any atom is -0.355 e. The number of rotatable bonds is 7. The van der Waals surface area contributed by atoms with Crippen LogP contribution in [0.5, 0.6) is 0 Å². The summed E-state index contributed by atoms with van der Waals surface area (Å²) < 4.78 is 0. The highest BCUT2D eigenvalue weighted by atomic mass is 15.1. The summed E-state index contributed by atoms with van der Waals surface area (Å²) in [6.07, 6.45) is 0. The van der Waals surface area contributed by atoms with Gasteiger partial charge in [-0.2, -0.15) is 0 Å². The molecule has 0 saturated heterocycles. The van der Waals surface area contributed by atoms with Gasteiger partial charge in [0.25, 0.3) is 0 Å². The lowest BCUT2D eigenvalue weighted by molar-refractivity contribution is 0.632. The van der Waals surface area contributed by atoms with Crippen molar-refractivity contribution in [1.82, 2.24) is 0 Å². The van der Waals surface area contributed by atoms with Crippen LogP contribution in [0.4, 0.5) is 28.4 Å². The lowest BCUT2D eigenvalue weighted by atomic mass is 9.73. The fraction of sp³-hybridized carbons (Fsp3) is 0.127. The van der Waals surface area contributed by atoms with E-state index >= 15 is 0 Å². The molecule has 0 amide bonds. The van der Waals surface area contributed by atoms with Gasteiger partial charge in [0, 0.05) is 39.3 Å². The summed E-state index contributed by atoms with van der Waals surface area (Å²) in [4.78, 5) is 2.42. The standard InChI is InChI=1S/C55H46N2/c1-36-32-51-48(46-26-16-17-27-49(46)54(51,2)3)35-50(36)55(4,5)52-34-40(29-31-53(52)56-37-18-8-6-9-19-37)57(38-20-10-7-11-21-38)39-28-30-45-43-24-13-12-22-41(43)42-23-14-15-25-44(42)47(45)33-39/h6-35,56H,1-5H3. The molecule has 1 aliphatic carbocycles. The molecule has 10 rings (SSSR count). The number of para-hydroxylation sites is 2. The molecular weight excluding hydrogens is 689 g/mol. The van der Waals surface area contributed by atoms with Gasteiger partial charge in [-0.05, 0) is 139 Å². The fourth-order valence-corrected chi connectivity index (χ4v) is 9.71. The molecule has 0 aromatic heterocycles. The van der Waals surface area contributed by atoms with Gasteiger partial charge in [0.2, 0.25) is 0 Å². The highest BCUT2D eigenvalue weighted by Gasteiger charge is 2.38. The number of anilines is 5. The summed E-state index contributed by atoms with van der Waals surface area (Å²) in [5, 5.41) is 11.5. The Morgan fingerprint density at radius 2 is 0.982 bits per heavy atom. The van der Waals surface area contributed by atoms with Crippen LogP contribution < -0.4 is 10.2 Å². The number of aryl methyl sites for hydroxylation is 1. The molecule has 0 radical (unpaired) electrons. The van der Waals surface area contributed by atoms with E-state index in [2.05, 4.69) is 227 Å². The molecule has 1 aliphatic rings. The maximum absolute atomic E-state index is 3.84. The lowest BCUT2D eigenvalue weighted by Crippen LogP contribution is -2.23. The number of fused-ring (bicyclic) bond motifs is 9. The molecular formula is C55H46N2. The molecule has 0 spiro atoms. The monoisotopic (exact) mass is 734 g/mol. The van der Waals surface area contributed by atoms with Crippen molar-refractivity contribution in [2.45, 2.75) is 45.4 Å². The third kappa shape index (κ3) is 5.62. The second-order valence-corrected chi connectivity index (χ2v) is 16.7. The van der Waals surface area contributed by atoms with Gasteiger partial charge in [-0.15, -0.1) is 0 Å². The Labute approximate surface area is 336 Å². The van der Waals surface area contributed by atoms with E-state index in [1.807, 2.05) is 0 Å². The quantitative estimate of drug-likeness (QED) is 0.164. The molecule has 57 heavy (non-hydrogen) atoms. The van der Waals surface area contributed by atoms with E-state index < -0.39 is 0 Å². The average Bonchev–Trinajstić information content (AvgIpc) is 3.46. The second kappa shape index (κ2) is 13.2. The number of nitrogens with one attached hydrogen (secondary N) is 1. The topological polar surface area (TPSA) is 15.3 Å². The highest BCUT2D eigenvalue weighted by molar-refractivity contribution is 6.25. The Morgan fingerprint density at radius 1 is 0.439 bits per heavy atom. The molecule has 2 heteroatoms. The molecule has 1 N–H and O–H groups in total. The van der Waals surface area contributed by atoms with Crippen molar-refractivity contribution < 1.29 is 0 Å². The van der Waals surface area contributed by atoms with Crippen molar-refractivity contribution in [3.63, 3.8) is 0 Å². The zero-order valence-electron chi connectivity index (χ0n) is 33.3. The van der Waals surface area contributed by atoms with E-state index in [0.29, 0.717) is 0 Å². The zero-order valence-corrected chi connectivity index (χ0v) is 33.3. The molecule has 0 fully saturated rings. The van der Waals surface area contributed by atoms with E-state index in [-0.39, 0.29) is 10.8 Å². The molecule has 0 saturated carbocycles. The van der Waals surface area contributed by atoms with E-state index in [1.54, 1.807) is 0 Å². The average molecular weight is 735 g/mol. The summed E-state index contributed by atoms with van der Waals surface area (Å²) in [5.41, 5.74) is 14.5. The predicted octanol–water partition coefficient (Wildman–Crippen LogP) is 15.3. The van der Waals surface area contributed by atoms with Crippen molar-refractivity contribution in [3.05, 3.63) is 210 Å². The summed E-state index contributed by atoms with van der Waals surface area (Å²) in [7, 11) is 0. The molecule has 276 valence electrons. The summed E-state index contributed by atoms with van der Waals surface area (Å²) in [5.74, 6) is 0. The zero-order chi connectivity index (χ0) is 38.9. The first-order chi connectivity index (χ1) is 27.7. The van der Waals surface area contributed by atoms with Crippen LogP contribution in [0.1, 0.15) is 55.5 Å². The van der Waals surface area contributed by atoms with Crippen molar-refractivity contribution in [3.8, 4) is 11.1 Å². The molecule has 9 aromatic carbocycles. The molecule has 0 unspecified atom stereocenters. The van der Waals surface area contributed by atoms with Crippen molar-refractivity contribution in [2.24, 2.45) is 0 Å². The number of nitrogens with zero attached hydrogens (tertiary/aromatic N) is 1. The van der Waals surface area contributed by atoms with Crippen LogP contribution in [-0.2, 0) is 10.8 Å². The Hall–Kier alpha value is -6.64. The number of hydrogen-bond acceptors (Lipinski definition) is 2. The van der Waals surface area contributed by atoms with E-state index in [0.717, 1.165) is 28.4 Å². The highest BCUT2D eigenvalue weighted by Crippen LogP contribution is 2.52. The first kappa shape index (κ1) is 34.8. The molecule has 9 aromatic rings. The third-order valence-corrected chi connectivity index (χ3v) is 12.6. The fourth-order valence-electron chi connectivity index (χ4n) is 9.71. The van der Waals surface area contributed by atoms with Crippen molar-refractivity contribution in [2.75, 3.05) is 10.2 Å². The van der Waals surface area contributed by atoms with Crippen LogP contribution in [0.2, 0.25) is 0 Å². The number of benzene rings is 9. The first-order valence-electron chi connectivity index (χ1n) is 20.1. The second-order valence-electron chi connectivity index (χ2n) is 16.7. The third-order valence-electron chi connectivity index (χ3n) is 12.6.